The molecule has 0 radical (unpaired) electrons. The fraction of sp³-hybridized carbons (Fsp3) is 0.391. The lowest BCUT2D eigenvalue weighted by atomic mass is 9.97. The molecule has 1 aliphatic rings. The quantitative estimate of drug-likeness (QED) is 0.691. The van der Waals surface area contributed by atoms with E-state index in [1.807, 2.05) is 6.92 Å². The van der Waals surface area contributed by atoms with Crippen LogP contribution in [0.4, 0.5) is 10.1 Å². The highest BCUT2D eigenvalue weighted by molar-refractivity contribution is 7.89. The summed E-state index contributed by atoms with van der Waals surface area (Å²) in [5.41, 5.74) is 1.76. The fourth-order valence-electron chi connectivity index (χ4n) is 3.54. The predicted octanol–water partition coefficient (Wildman–Crippen LogP) is 2.99. The first-order chi connectivity index (χ1) is 15.1. The zero-order valence-electron chi connectivity index (χ0n) is 18.4. The Labute approximate surface area is 188 Å². The summed E-state index contributed by atoms with van der Waals surface area (Å²) < 4.78 is 40.7. The van der Waals surface area contributed by atoms with Gasteiger partial charge in [0.2, 0.25) is 21.8 Å². The molecule has 32 heavy (non-hydrogen) atoms. The van der Waals surface area contributed by atoms with Crippen molar-refractivity contribution in [1.29, 1.82) is 0 Å². The Morgan fingerprint density at radius 2 is 1.69 bits per heavy atom. The Bertz CT molecular complexity index is 1090. The minimum atomic E-state index is -3.60. The molecule has 0 aliphatic carbocycles. The summed E-state index contributed by atoms with van der Waals surface area (Å²) in [7, 11) is -3.60. The number of hydrogen-bond donors (Lipinski definition) is 2. The number of benzene rings is 2. The fourth-order valence-corrected chi connectivity index (χ4v) is 5.01. The van der Waals surface area contributed by atoms with Crippen LogP contribution in [0, 0.1) is 25.6 Å². The number of amides is 2. The number of nitrogens with one attached hydrogen (secondary N) is 2. The van der Waals surface area contributed by atoms with Gasteiger partial charge in [0.15, 0.2) is 0 Å². The average molecular weight is 462 g/mol. The molecular formula is C23H28FN3O4S. The second-order valence-corrected chi connectivity index (χ2v) is 10.1. The normalized spacial score (nSPS) is 16.4. The zero-order chi connectivity index (χ0) is 23.5. The molecule has 9 heteroatoms. The molecular weight excluding hydrogens is 433 g/mol. The van der Waals surface area contributed by atoms with Crippen molar-refractivity contribution in [2.75, 3.05) is 18.4 Å². The van der Waals surface area contributed by atoms with Gasteiger partial charge in [-0.25, -0.2) is 12.8 Å². The van der Waals surface area contributed by atoms with Crippen molar-refractivity contribution >= 4 is 27.5 Å². The number of halogens is 1. The van der Waals surface area contributed by atoms with Crippen LogP contribution in [0.2, 0.25) is 0 Å². The van der Waals surface area contributed by atoms with Gasteiger partial charge in [-0.05, 0) is 63.4 Å². The third-order valence-corrected chi connectivity index (χ3v) is 7.59. The summed E-state index contributed by atoms with van der Waals surface area (Å²) >= 11 is 0. The molecule has 1 fully saturated rings. The van der Waals surface area contributed by atoms with Gasteiger partial charge in [-0.1, -0.05) is 23.8 Å². The first-order valence-electron chi connectivity index (χ1n) is 10.5. The van der Waals surface area contributed by atoms with Crippen LogP contribution in [0.5, 0.6) is 0 Å². The van der Waals surface area contributed by atoms with Crippen LogP contribution in [-0.4, -0.2) is 43.7 Å². The summed E-state index contributed by atoms with van der Waals surface area (Å²) in [6.45, 7) is 5.53. The molecule has 2 aromatic rings. The summed E-state index contributed by atoms with van der Waals surface area (Å²) in [4.78, 5) is 25.2. The lowest BCUT2D eigenvalue weighted by molar-refractivity contribution is -0.129. The van der Waals surface area contributed by atoms with Crippen LogP contribution in [-0.2, 0) is 19.6 Å². The first-order valence-corrected chi connectivity index (χ1v) is 12.0. The summed E-state index contributed by atoms with van der Waals surface area (Å²) in [5, 5.41) is 5.26. The first kappa shape index (κ1) is 23.9. The molecule has 2 amide bonds. The van der Waals surface area contributed by atoms with Gasteiger partial charge < -0.3 is 10.6 Å². The number of hydrogen-bond acceptors (Lipinski definition) is 4. The van der Waals surface area contributed by atoms with Crippen molar-refractivity contribution in [3.05, 3.63) is 59.4 Å². The van der Waals surface area contributed by atoms with Gasteiger partial charge in [0, 0.05) is 24.7 Å². The number of rotatable bonds is 6. The topological polar surface area (TPSA) is 95.6 Å². The minimum absolute atomic E-state index is 0.234. The highest BCUT2D eigenvalue weighted by Crippen LogP contribution is 2.24. The summed E-state index contributed by atoms with van der Waals surface area (Å²) in [6.07, 6.45) is 0.739. The van der Waals surface area contributed by atoms with Crippen LogP contribution < -0.4 is 10.6 Å². The van der Waals surface area contributed by atoms with Crippen LogP contribution in [0.1, 0.15) is 30.9 Å². The third kappa shape index (κ3) is 5.52. The van der Waals surface area contributed by atoms with Crippen molar-refractivity contribution in [3.8, 4) is 0 Å². The van der Waals surface area contributed by atoms with Gasteiger partial charge >= 0.3 is 0 Å². The van der Waals surface area contributed by atoms with E-state index < -0.39 is 27.8 Å². The van der Waals surface area contributed by atoms with Crippen LogP contribution in [0.15, 0.2) is 47.4 Å². The SMILES string of the molecule is Cc1ccc(S(=O)(=O)N2CCC(C(=O)N[C@H](C)C(=O)Nc3ccc(C)c(F)c3)CC2)cc1. The Kier molecular flexibility index (Phi) is 7.30. The van der Waals surface area contributed by atoms with E-state index in [1.54, 1.807) is 50.2 Å². The maximum Gasteiger partial charge on any atom is 0.246 e. The molecule has 1 heterocycles. The number of anilines is 1. The molecule has 1 saturated heterocycles. The van der Waals surface area contributed by atoms with Crippen molar-refractivity contribution in [2.45, 2.75) is 44.6 Å². The highest BCUT2D eigenvalue weighted by Gasteiger charge is 2.32. The Hall–Kier alpha value is -2.78. The monoisotopic (exact) mass is 461 g/mol. The van der Waals surface area contributed by atoms with Gasteiger partial charge in [-0.15, -0.1) is 0 Å². The smallest absolute Gasteiger partial charge is 0.246 e. The lowest BCUT2D eigenvalue weighted by Gasteiger charge is -2.31. The Morgan fingerprint density at radius 3 is 2.28 bits per heavy atom. The van der Waals surface area contributed by atoms with E-state index in [2.05, 4.69) is 10.6 Å². The molecule has 1 aliphatic heterocycles. The molecule has 0 spiro atoms. The zero-order valence-corrected chi connectivity index (χ0v) is 19.2. The van der Waals surface area contributed by atoms with E-state index in [-0.39, 0.29) is 29.8 Å². The van der Waals surface area contributed by atoms with Crippen molar-refractivity contribution in [3.63, 3.8) is 0 Å². The van der Waals surface area contributed by atoms with Crippen LogP contribution in [0.3, 0.4) is 0 Å². The van der Waals surface area contributed by atoms with Crippen molar-refractivity contribution in [1.82, 2.24) is 9.62 Å². The van der Waals surface area contributed by atoms with Gasteiger partial charge in [0.05, 0.1) is 4.90 Å². The number of sulfonamides is 1. The van der Waals surface area contributed by atoms with E-state index in [9.17, 15) is 22.4 Å². The lowest BCUT2D eigenvalue weighted by Crippen LogP contribution is -2.47. The molecule has 7 nitrogen and oxygen atoms in total. The largest absolute Gasteiger partial charge is 0.344 e. The summed E-state index contributed by atoms with van der Waals surface area (Å²) in [5.74, 6) is -1.56. The average Bonchev–Trinajstić information content (AvgIpc) is 2.76. The third-order valence-electron chi connectivity index (χ3n) is 5.67. The predicted molar refractivity (Wildman–Crippen MR) is 120 cm³/mol. The number of carbonyl (C=O) groups is 2. The molecule has 0 bridgehead atoms. The maximum absolute atomic E-state index is 13.7. The van der Waals surface area contributed by atoms with E-state index in [0.717, 1.165) is 5.56 Å². The molecule has 0 unspecified atom stereocenters. The van der Waals surface area contributed by atoms with Gasteiger partial charge in [0.25, 0.3) is 0 Å². The van der Waals surface area contributed by atoms with Gasteiger partial charge in [-0.3, -0.25) is 9.59 Å². The van der Waals surface area contributed by atoms with E-state index in [1.165, 1.54) is 10.4 Å². The molecule has 2 N–H and O–H groups in total. The Balaban J connectivity index is 1.53. The number of aryl methyl sites for hydroxylation is 2. The van der Waals surface area contributed by atoms with Crippen LogP contribution >= 0.6 is 0 Å². The highest BCUT2D eigenvalue weighted by atomic mass is 32.2. The Morgan fingerprint density at radius 1 is 1.06 bits per heavy atom. The minimum Gasteiger partial charge on any atom is -0.344 e. The summed E-state index contributed by atoms with van der Waals surface area (Å²) in [6, 6.07) is 10.2. The molecule has 0 saturated carbocycles. The second-order valence-electron chi connectivity index (χ2n) is 8.17. The molecule has 2 aromatic carbocycles. The van der Waals surface area contributed by atoms with E-state index >= 15 is 0 Å². The molecule has 1 atom stereocenters. The number of nitrogens with zero attached hydrogens (tertiary/aromatic N) is 1. The van der Waals surface area contributed by atoms with E-state index in [0.29, 0.717) is 24.1 Å². The molecule has 172 valence electrons. The van der Waals surface area contributed by atoms with E-state index in [4.69, 9.17) is 0 Å². The van der Waals surface area contributed by atoms with Crippen molar-refractivity contribution in [2.24, 2.45) is 5.92 Å². The second kappa shape index (κ2) is 9.79. The van der Waals surface area contributed by atoms with Crippen molar-refractivity contribution < 1.29 is 22.4 Å². The number of piperidine rings is 1. The number of carbonyl (C=O) groups excluding carboxylic acids is 2. The standard InChI is InChI=1S/C23H28FN3O4S/c1-15-4-8-20(9-5-15)32(30,31)27-12-10-18(11-13-27)23(29)25-17(3)22(28)26-19-7-6-16(2)21(24)14-19/h4-9,14,17-18H,10-13H2,1-3H3,(H,25,29)(H,26,28)/t17-/m1/s1. The molecule has 0 aromatic heterocycles. The van der Waals surface area contributed by atoms with Gasteiger partial charge in [0.1, 0.15) is 11.9 Å². The van der Waals surface area contributed by atoms with Crippen LogP contribution in [0.25, 0.3) is 0 Å². The molecule has 3 rings (SSSR count). The van der Waals surface area contributed by atoms with Gasteiger partial charge in [-0.2, -0.15) is 4.31 Å². The maximum atomic E-state index is 13.7.